The first kappa shape index (κ1) is 30.8. The van der Waals surface area contributed by atoms with Crippen molar-refractivity contribution in [2.45, 2.75) is 24.9 Å². The maximum Gasteiger partial charge on any atom is 0.215 e. The van der Waals surface area contributed by atoms with Crippen LogP contribution in [0.2, 0.25) is 0 Å². The summed E-state index contributed by atoms with van der Waals surface area (Å²) in [6.45, 7) is 9.60. The normalized spacial score (nSPS) is 23.0. The number of nitrogens with two attached hydrogens (primary N) is 1. The Bertz CT molecular complexity index is 998. The van der Waals surface area contributed by atoms with Gasteiger partial charge in [0.15, 0.2) is 0 Å². The molecule has 6 heterocycles. The third-order valence-corrected chi connectivity index (χ3v) is 7.68. The number of hydrogen-bond donors (Lipinski definition) is 2. The fourth-order valence-electron chi connectivity index (χ4n) is 4.33. The van der Waals surface area contributed by atoms with Crippen molar-refractivity contribution in [1.29, 1.82) is 0 Å². The van der Waals surface area contributed by atoms with Crippen LogP contribution in [0.25, 0.3) is 0 Å². The van der Waals surface area contributed by atoms with Crippen molar-refractivity contribution in [3.05, 3.63) is 37.4 Å². The second-order valence-corrected chi connectivity index (χ2v) is 12.0. The Labute approximate surface area is 256 Å². The molecule has 0 bridgehead atoms. The summed E-state index contributed by atoms with van der Waals surface area (Å²) in [5.41, 5.74) is 5.41. The Hall–Kier alpha value is -1.11. The molecule has 0 aliphatic carbocycles. The lowest BCUT2D eigenvalue weighted by Crippen LogP contribution is -2.37. The number of hydrogen-bond acceptors (Lipinski definition) is 10. The van der Waals surface area contributed by atoms with E-state index in [-0.39, 0.29) is 0 Å². The summed E-state index contributed by atoms with van der Waals surface area (Å²) >= 11 is 4.43. The molecule has 13 heteroatoms. The molecule has 0 unspecified atom stereocenters. The van der Waals surface area contributed by atoms with Gasteiger partial charge in [-0.05, 0) is 76.2 Å². The summed E-state index contributed by atoms with van der Waals surface area (Å²) in [7, 11) is 0. The number of rotatable bonds is 4. The average Bonchev–Trinajstić information content (AvgIpc) is 3.64. The Kier molecular flexibility index (Phi) is 12.9. The molecule has 4 aliphatic heterocycles. The van der Waals surface area contributed by atoms with Gasteiger partial charge in [-0.15, -0.1) is 0 Å². The van der Waals surface area contributed by atoms with E-state index in [4.69, 9.17) is 29.7 Å². The van der Waals surface area contributed by atoms with Crippen LogP contribution in [0.3, 0.4) is 0 Å². The molecule has 4 fully saturated rings. The minimum atomic E-state index is -0.418. The van der Waals surface area contributed by atoms with Crippen molar-refractivity contribution in [3.63, 3.8) is 0 Å². The Balaban J connectivity index is 0.000000154. The van der Waals surface area contributed by atoms with Gasteiger partial charge in [-0.2, -0.15) is 4.39 Å². The molecule has 3 N–H and O–H groups in total. The molecule has 0 radical (unpaired) electrons. The summed E-state index contributed by atoms with van der Waals surface area (Å²) in [6.07, 6.45) is 2.10. The molecule has 0 aromatic carbocycles. The Morgan fingerprint density at radius 3 is 1.79 bits per heavy atom. The molecule has 216 valence electrons. The first-order valence-corrected chi connectivity index (χ1v) is 15.5. The number of nitrogens with one attached hydrogen (secondary N) is 1. The molecule has 4 aliphatic rings. The van der Waals surface area contributed by atoms with Gasteiger partial charge in [-0.1, -0.05) is 0 Å². The fraction of sp³-hybridized carbons (Fsp3) is 0.615. The van der Waals surface area contributed by atoms with Gasteiger partial charge in [0.25, 0.3) is 0 Å². The predicted octanol–water partition coefficient (Wildman–Crippen LogP) is 3.12. The zero-order valence-electron chi connectivity index (χ0n) is 22.0. The van der Waals surface area contributed by atoms with Gasteiger partial charge in [-0.25, -0.2) is 9.97 Å². The van der Waals surface area contributed by atoms with E-state index >= 15 is 0 Å². The summed E-state index contributed by atoms with van der Waals surface area (Å²) in [4.78, 5) is 12.9. The number of halogens is 3. The average molecular weight is 770 g/mol. The Morgan fingerprint density at radius 1 is 0.744 bits per heavy atom. The highest BCUT2D eigenvalue weighted by molar-refractivity contribution is 14.1. The van der Waals surface area contributed by atoms with Crippen LogP contribution in [-0.4, -0.2) is 101 Å². The molecule has 10 nitrogen and oxygen atoms in total. The van der Waals surface area contributed by atoms with Crippen molar-refractivity contribution in [3.8, 4) is 0 Å². The largest absolute Gasteiger partial charge is 0.380 e. The minimum absolute atomic E-state index is 0.324. The second-order valence-electron chi connectivity index (χ2n) is 9.52. The van der Waals surface area contributed by atoms with Crippen LogP contribution in [0.5, 0.6) is 0 Å². The number of pyridine rings is 2. The van der Waals surface area contributed by atoms with E-state index in [0.29, 0.717) is 31.1 Å². The molecule has 2 aromatic heterocycles. The van der Waals surface area contributed by atoms with Gasteiger partial charge in [0, 0.05) is 58.6 Å². The number of morpholine rings is 2. The smallest absolute Gasteiger partial charge is 0.215 e. The topological polar surface area (TPSA) is 107 Å². The molecule has 6 rings (SSSR count). The highest BCUT2D eigenvalue weighted by Crippen LogP contribution is 2.22. The molecule has 2 aromatic rings. The standard InChI is InChI=1S/C13H18IN3O2.C9H10FIN2O.C4H9NO/c14-10-7-12(15-11-1-4-19-9-11)16-13(8-10)17-2-5-18-6-3-17;10-8-5-7(11)6-9(12-8)13-1-3-14-4-2-13;5-4-1-2-6-3-4/h7-8,11H,1-6,9H2,(H,15,16);5-6H,1-4H2;4H,1-3,5H2/t11-;;4-/m0.0/s1. The summed E-state index contributed by atoms with van der Waals surface area (Å²) < 4.78 is 36.0. The van der Waals surface area contributed by atoms with Crippen LogP contribution in [0, 0.1) is 13.1 Å². The molecule has 0 saturated carbocycles. The van der Waals surface area contributed by atoms with E-state index in [2.05, 4.69) is 72.5 Å². The van der Waals surface area contributed by atoms with Crippen LogP contribution >= 0.6 is 45.2 Å². The van der Waals surface area contributed by atoms with Crippen molar-refractivity contribution in [2.24, 2.45) is 5.73 Å². The van der Waals surface area contributed by atoms with Crippen LogP contribution in [0.4, 0.5) is 21.8 Å². The van der Waals surface area contributed by atoms with Gasteiger partial charge in [0.05, 0.1) is 45.7 Å². The van der Waals surface area contributed by atoms with E-state index in [0.717, 1.165) is 93.9 Å². The maximum atomic E-state index is 13.0. The fourth-order valence-corrected chi connectivity index (χ4v) is 5.44. The highest BCUT2D eigenvalue weighted by Gasteiger charge is 2.18. The van der Waals surface area contributed by atoms with E-state index < -0.39 is 5.95 Å². The van der Waals surface area contributed by atoms with Crippen LogP contribution in [-0.2, 0) is 18.9 Å². The molecular formula is C26H37FI2N6O4. The Morgan fingerprint density at radius 2 is 1.31 bits per heavy atom. The van der Waals surface area contributed by atoms with Crippen molar-refractivity contribution in [2.75, 3.05) is 94.2 Å². The molecule has 2 atom stereocenters. The summed E-state index contributed by atoms with van der Waals surface area (Å²) in [5, 5.41) is 3.46. The molecule has 39 heavy (non-hydrogen) atoms. The zero-order valence-corrected chi connectivity index (χ0v) is 26.3. The molecule has 4 saturated heterocycles. The van der Waals surface area contributed by atoms with Crippen molar-refractivity contribution in [1.82, 2.24) is 9.97 Å². The third-order valence-electron chi connectivity index (χ3n) is 6.44. The lowest BCUT2D eigenvalue weighted by atomic mass is 10.2. The number of aromatic nitrogens is 2. The van der Waals surface area contributed by atoms with E-state index in [1.807, 2.05) is 11.0 Å². The molecule has 0 spiro atoms. The number of nitrogens with zero attached hydrogens (tertiary/aromatic N) is 4. The van der Waals surface area contributed by atoms with Gasteiger partial charge < -0.3 is 39.8 Å². The van der Waals surface area contributed by atoms with Gasteiger partial charge in [0.2, 0.25) is 5.95 Å². The van der Waals surface area contributed by atoms with E-state index in [1.165, 1.54) is 9.64 Å². The molecule has 0 amide bonds. The van der Waals surface area contributed by atoms with Crippen molar-refractivity contribution >= 4 is 62.6 Å². The quantitative estimate of drug-likeness (QED) is 0.356. The SMILES string of the molecule is Fc1cc(I)cc(N2CCOCC2)n1.Ic1cc(N[C@H]2CCOC2)nc(N2CCOCC2)c1.N[C@H]1CCOC1. The van der Waals surface area contributed by atoms with Crippen LogP contribution in [0.1, 0.15) is 12.8 Å². The summed E-state index contributed by atoms with van der Waals surface area (Å²) in [5.74, 6) is 2.27. The van der Waals surface area contributed by atoms with Gasteiger partial charge >= 0.3 is 0 Å². The highest BCUT2D eigenvalue weighted by atomic mass is 127. The lowest BCUT2D eigenvalue weighted by molar-refractivity contribution is 0.122. The maximum absolute atomic E-state index is 13.0. The van der Waals surface area contributed by atoms with Crippen LogP contribution < -0.4 is 20.9 Å². The molecular weight excluding hydrogens is 733 g/mol. The third kappa shape index (κ3) is 10.7. The monoisotopic (exact) mass is 770 g/mol. The number of anilines is 3. The zero-order chi connectivity index (χ0) is 27.5. The number of ether oxygens (including phenoxy) is 4. The summed E-state index contributed by atoms with van der Waals surface area (Å²) in [6, 6.07) is 8.23. The lowest BCUT2D eigenvalue weighted by Gasteiger charge is -2.28. The van der Waals surface area contributed by atoms with E-state index in [1.54, 1.807) is 0 Å². The van der Waals surface area contributed by atoms with E-state index in [9.17, 15) is 4.39 Å². The second kappa shape index (κ2) is 16.4. The first-order valence-electron chi connectivity index (χ1n) is 13.3. The van der Waals surface area contributed by atoms with Gasteiger partial charge in [-0.3, -0.25) is 0 Å². The van der Waals surface area contributed by atoms with Crippen LogP contribution in [0.15, 0.2) is 24.3 Å². The minimum Gasteiger partial charge on any atom is -0.380 e. The first-order chi connectivity index (χ1) is 19.0. The van der Waals surface area contributed by atoms with Gasteiger partial charge in [0.1, 0.15) is 17.5 Å². The van der Waals surface area contributed by atoms with Crippen molar-refractivity contribution < 1.29 is 23.3 Å². The predicted molar refractivity (Wildman–Crippen MR) is 166 cm³/mol.